The Morgan fingerprint density at radius 3 is 2.25 bits per heavy atom. The first-order valence-corrected chi connectivity index (χ1v) is 29.3. The topological polar surface area (TPSA) is 194 Å². The molecule has 0 radical (unpaired) electrons. The molecule has 0 spiro atoms. The number of likely N-dealkylation sites (N-methyl/N-ethyl adjacent to an activating group) is 1. The van der Waals surface area contributed by atoms with Gasteiger partial charge in [0.1, 0.15) is 53.0 Å². The van der Waals surface area contributed by atoms with Crippen molar-refractivity contribution in [3.05, 3.63) is 105 Å². The smallest absolute Gasteiger partial charge is 0.410 e. The molecule has 1 saturated heterocycles. The molecule has 0 bridgehead atoms. The lowest BCUT2D eigenvalue weighted by molar-refractivity contribution is -0.164. The molecule has 1 aliphatic heterocycles. The number of rotatable bonds is 22. The monoisotopic (exact) mass is 1130 g/mol. The van der Waals surface area contributed by atoms with Gasteiger partial charge in [0.05, 0.1) is 48.7 Å². The normalized spacial score (nSPS) is 19.5. The summed E-state index contributed by atoms with van der Waals surface area (Å²) in [6.45, 7) is 18.5. The maximum Gasteiger partial charge on any atom is 0.410 e. The van der Waals surface area contributed by atoms with E-state index in [1.54, 1.807) is 64.3 Å². The predicted molar refractivity (Wildman–Crippen MR) is 312 cm³/mol. The summed E-state index contributed by atoms with van der Waals surface area (Å²) in [7, 11) is 1.55. The van der Waals surface area contributed by atoms with Crippen molar-refractivity contribution in [1.82, 2.24) is 25.4 Å². The molecular weight excluding hydrogens is 1050 g/mol. The summed E-state index contributed by atoms with van der Waals surface area (Å²) in [5, 5.41) is 24.2. The standard InChI is InChI=1S/C62H78ClN7O9S/c1-39(69(9)59(74)79-60(2,3)4)53(71)67-52(40-16-11-10-12-17-40)56(73)70-30-15-20-50(70)55-66-49(38-80-55)46-27-28-51(47-19-14-13-18-45(46)47)77-35-34-76-33-32-75-31-29-65-43-24-21-41(22-25-43)54(72)68-57-61(5,6)58(62(57,7)8)78-44-26-23-42(37-64)48(63)36-44/h13-14,18-19,21-28,36,38-40,50,52,57-58,65H,10-12,15-17,20,29-35H2,1-9H3,(H,67,71)(H,68,72)/t39-,50-,52-,57-,58-/m0/s1. The largest absolute Gasteiger partial charge is 0.491 e. The Balaban J connectivity index is 0.764. The molecule has 4 aromatic carbocycles. The Bertz CT molecular complexity index is 3000. The van der Waals surface area contributed by atoms with Crippen LogP contribution in [0, 0.1) is 28.1 Å². The quantitative estimate of drug-likeness (QED) is 0.0556. The number of halogens is 1. The molecule has 2 aliphatic carbocycles. The molecule has 428 valence electrons. The number of fused-ring (bicyclic) bond motifs is 1. The van der Waals surface area contributed by atoms with Gasteiger partial charge in [0.15, 0.2) is 0 Å². The average molecular weight is 1130 g/mol. The number of anilines is 1. The van der Waals surface area contributed by atoms with E-state index in [-0.39, 0.29) is 52.7 Å². The van der Waals surface area contributed by atoms with Crippen LogP contribution in [0.5, 0.6) is 11.5 Å². The zero-order valence-corrected chi connectivity index (χ0v) is 49.3. The second kappa shape index (κ2) is 26.0. The van der Waals surface area contributed by atoms with Gasteiger partial charge in [-0.3, -0.25) is 19.3 Å². The zero-order valence-electron chi connectivity index (χ0n) is 47.7. The molecule has 3 fully saturated rings. The van der Waals surface area contributed by atoms with Crippen LogP contribution < -0.4 is 25.4 Å². The van der Waals surface area contributed by atoms with E-state index in [2.05, 4.69) is 61.2 Å². The van der Waals surface area contributed by atoms with E-state index in [1.165, 1.54) is 4.90 Å². The van der Waals surface area contributed by atoms with Crippen molar-refractivity contribution in [3.63, 3.8) is 0 Å². The zero-order chi connectivity index (χ0) is 57.4. The fourth-order valence-electron chi connectivity index (χ4n) is 11.8. The number of nitrogens with one attached hydrogen (secondary N) is 3. The van der Waals surface area contributed by atoms with Crippen molar-refractivity contribution in [2.24, 2.45) is 16.7 Å². The van der Waals surface area contributed by atoms with Crippen molar-refractivity contribution >= 4 is 63.2 Å². The maximum atomic E-state index is 14.7. The first-order valence-electron chi connectivity index (χ1n) is 28.0. The number of hydrogen-bond donors (Lipinski definition) is 3. The van der Waals surface area contributed by atoms with E-state index in [0.29, 0.717) is 68.0 Å². The number of amides is 4. The van der Waals surface area contributed by atoms with Gasteiger partial charge in [-0.1, -0.05) is 82.8 Å². The van der Waals surface area contributed by atoms with Gasteiger partial charge in [0.25, 0.3) is 5.91 Å². The molecule has 4 amide bonds. The van der Waals surface area contributed by atoms with E-state index in [1.807, 2.05) is 59.5 Å². The average Bonchev–Trinajstić information content (AvgIpc) is 4.22. The van der Waals surface area contributed by atoms with Crippen LogP contribution in [0.25, 0.3) is 22.0 Å². The molecular formula is C62H78ClN7O9S. The number of ether oxygens (including phenoxy) is 5. The fourth-order valence-corrected chi connectivity index (χ4v) is 13.0. The second-order valence-corrected chi connectivity index (χ2v) is 24.7. The minimum Gasteiger partial charge on any atom is -0.491 e. The van der Waals surface area contributed by atoms with Crippen LogP contribution in [0.1, 0.15) is 127 Å². The highest BCUT2D eigenvalue weighted by Crippen LogP contribution is 2.56. The number of hydrogen-bond acceptors (Lipinski definition) is 13. The van der Waals surface area contributed by atoms with Gasteiger partial charge in [-0.25, -0.2) is 9.78 Å². The van der Waals surface area contributed by atoms with Crippen molar-refractivity contribution in [1.29, 1.82) is 5.26 Å². The lowest BCUT2D eigenvalue weighted by Crippen LogP contribution is -2.74. The summed E-state index contributed by atoms with van der Waals surface area (Å²) < 4.78 is 29.8. The Morgan fingerprint density at radius 2 is 1.56 bits per heavy atom. The molecule has 8 rings (SSSR count). The molecule has 3 atom stereocenters. The molecule has 1 aromatic heterocycles. The minimum absolute atomic E-state index is 0.00391. The van der Waals surface area contributed by atoms with E-state index >= 15 is 0 Å². The number of carbonyl (C=O) groups is 4. The number of nitriles is 1. The number of benzene rings is 4. The van der Waals surface area contributed by atoms with Crippen LogP contribution in [-0.2, 0) is 23.8 Å². The van der Waals surface area contributed by atoms with Gasteiger partial charge < -0.3 is 44.5 Å². The van der Waals surface area contributed by atoms with Gasteiger partial charge >= 0.3 is 6.09 Å². The molecule has 18 heteroatoms. The molecule has 80 heavy (non-hydrogen) atoms. The highest BCUT2D eigenvalue weighted by atomic mass is 35.5. The third-order valence-corrected chi connectivity index (χ3v) is 17.1. The first-order chi connectivity index (χ1) is 38.2. The lowest BCUT2D eigenvalue weighted by atomic mass is 9.49. The Kier molecular flexibility index (Phi) is 19.4. The van der Waals surface area contributed by atoms with Crippen molar-refractivity contribution in [2.45, 2.75) is 136 Å². The van der Waals surface area contributed by atoms with Gasteiger partial charge in [-0.05, 0) is 113 Å². The summed E-state index contributed by atoms with van der Waals surface area (Å²) in [4.78, 5) is 63.1. The third-order valence-electron chi connectivity index (χ3n) is 15.8. The van der Waals surface area contributed by atoms with Crippen molar-refractivity contribution in [3.8, 4) is 28.8 Å². The molecule has 16 nitrogen and oxygen atoms in total. The van der Waals surface area contributed by atoms with Crippen LogP contribution in [0.2, 0.25) is 5.02 Å². The maximum absolute atomic E-state index is 14.7. The Morgan fingerprint density at radius 1 is 0.875 bits per heavy atom. The van der Waals surface area contributed by atoms with Crippen molar-refractivity contribution in [2.75, 3.05) is 58.5 Å². The molecule has 0 unspecified atom stereocenters. The third kappa shape index (κ3) is 14.0. The molecule has 3 aliphatic rings. The predicted octanol–water partition coefficient (Wildman–Crippen LogP) is 11.6. The van der Waals surface area contributed by atoms with Gasteiger partial charge in [0, 0.05) is 70.7 Å². The Hall–Kier alpha value is -6.45. The van der Waals surface area contributed by atoms with Crippen LogP contribution in [0.3, 0.4) is 0 Å². The fraction of sp³-hybridized carbons (Fsp3) is 0.516. The van der Waals surface area contributed by atoms with Crippen LogP contribution in [0.4, 0.5) is 10.5 Å². The highest BCUT2D eigenvalue weighted by Gasteiger charge is 2.64. The van der Waals surface area contributed by atoms with E-state index in [0.717, 1.165) is 83.4 Å². The van der Waals surface area contributed by atoms with Gasteiger partial charge in [-0.15, -0.1) is 11.3 Å². The lowest BCUT2D eigenvalue weighted by Gasteiger charge is -2.63. The van der Waals surface area contributed by atoms with E-state index < -0.39 is 23.8 Å². The molecule has 3 N–H and O–H groups in total. The summed E-state index contributed by atoms with van der Waals surface area (Å²) in [6, 6.07) is 24.7. The Labute approximate surface area is 480 Å². The van der Waals surface area contributed by atoms with Crippen LogP contribution >= 0.6 is 22.9 Å². The van der Waals surface area contributed by atoms with Crippen molar-refractivity contribution < 1.29 is 42.9 Å². The SMILES string of the molecule is C[C@@H](C(=O)N[C@H](C(=O)N1CCC[C@H]1c1nc(-c2ccc(OCCOCCOCCNc3ccc(C(=O)N[C@H]4C(C)(C)[C@H](Oc5ccc(C#N)c(Cl)c5)C4(C)C)cc3)c3ccccc23)cs1)C1CCCCC1)N(C)C(=O)OC(C)(C)C. The highest BCUT2D eigenvalue weighted by molar-refractivity contribution is 7.10. The molecule has 5 aromatic rings. The van der Waals surface area contributed by atoms with Crippen LogP contribution in [-0.4, -0.2) is 122 Å². The second-order valence-electron chi connectivity index (χ2n) is 23.4. The molecule has 2 heterocycles. The van der Waals surface area contributed by atoms with E-state index in [4.69, 9.17) is 40.3 Å². The summed E-state index contributed by atoms with van der Waals surface area (Å²) in [6.07, 6.45) is 5.64. The minimum atomic E-state index is -0.836. The summed E-state index contributed by atoms with van der Waals surface area (Å²) >= 11 is 7.81. The van der Waals surface area contributed by atoms with E-state index in [9.17, 15) is 24.4 Å². The van der Waals surface area contributed by atoms with Gasteiger partial charge in [0.2, 0.25) is 11.8 Å². The number of nitrogens with zero attached hydrogens (tertiary/aromatic N) is 4. The van der Waals surface area contributed by atoms with Crippen LogP contribution in [0.15, 0.2) is 84.2 Å². The van der Waals surface area contributed by atoms with Gasteiger partial charge in [-0.2, -0.15) is 5.26 Å². The number of likely N-dealkylation sites (tertiary alicyclic amines) is 1. The molecule has 2 saturated carbocycles. The number of carbonyl (C=O) groups excluding carboxylic acids is 4. The summed E-state index contributed by atoms with van der Waals surface area (Å²) in [5.74, 6) is 0.707. The summed E-state index contributed by atoms with van der Waals surface area (Å²) in [5.41, 5.74) is 2.17. The number of aromatic nitrogens is 1. The number of thiazole rings is 1. The first kappa shape index (κ1) is 59.7.